The molecule has 0 aromatic carbocycles. The van der Waals surface area contributed by atoms with Gasteiger partial charge >= 0.3 is 11.9 Å². The predicted octanol–water partition coefficient (Wildman–Crippen LogP) is 1.86. The SMILES string of the molecule is CC(=O)CCCC(C)(C)C(=O)OC(C)=O. The summed E-state index contributed by atoms with van der Waals surface area (Å²) in [5.41, 5.74) is -0.707. The summed E-state index contributed by atoms with van der Waals surface area (Å²) in [6.07, 6.45) is 1.63. The van der Waals surface area contributed by atoms with Crippen molar-refractivity contribution in [3.05, 3.63) is 0 Å². The summed E-state index contributed by atoms with van der Waals surface area (Å²) in [7, 11) is 0. The summed E-state index contributed by atoms with van der Waals surface area (Å²) in [4.78, 5) is 32.7. The van der Waals surface area contributed by atoms with E-state index < -0.39 is 17.4 Å². The van der Waals surface area contributed by atoms with Crippen LogP contribution in [0.2, 0.25) is 0 Å². The molecular weight excluding hydrogens is 196 g/mol. The number of ether oxygens (including phenoxy) is 1. The number of Topliss-reactive ketones (excluding diaryl/α,β-unsaturated/α-hetero) is 1. The van der Waals surface area contributed by atoms with E-state index in [0.29, 0.717) is 19.3 Å². The zero-order chi connectivity index (χ0) is 12.1. The Kier molecular flexibility index (Phi) is 5.19. The molecule has 0 amide bonds. The average Bonchev–Trinajstić information content (AvgIpc) is 2.01. The Morgan fingerprint density at radius 2 is 1.67 bits per heavy atom. The molecule has 0 rings (SSSR count). The van der Waals surface area contributed by atoms with Crippen molar-refractivity contribution < 1.29 is 19.1 Å². The topological polar surface area (TPSA) is 60.4 Å². The molecule has 0 bridgehead atoms. The Bertz CT molecular complexity index is 266. The zero-order valence-corrected chi connectivity index (χ0v) is 9.75. The summed E-state index contributed by atoms with van der Waals surface area (Å²) in [5, 5.41) is 0. The molecule has 0 spiro atoms. The van der Waals surface area contributed by atoms with E-state index >= 15 is 0 Å². The van der Waals surface area contributed by atoms with E-state index in [0.717, 1.165) is 0 Å². The molecule has 86 valence electrons. The lowest BCUT2D eigenvalue weighted by atomic mass is 9.87. The smallest absolute Gasteiger partial charge is 0.319 e. The molecule has 0 saturated heterocycles. The Morgan fingerprint density at radius 3 is 2.07 bits per heavy atom. The number of carbonyl (C=O) groups is 3. The van der Waals surface area contributed by atoms with E-state index in [4.69, 9.17) is 0 Å². The molecule has 0 aliphatic heterocycles. The van der Waals surface area contributed by atoms with Crippen molar-refractivity contribution in [2.45, 2.75) is 47.0 Å². The van der Waals surface area contributed by atoms with Crippen molar-refractivity contribution in [2.75, 3.05) is 0 Å². The van der Waals surface area contributed by atoms with Crippen LogP contribution in [0.1, 0.15) is 47.0 Å². The third-order valence-corrected chi connectivity index (χ3v) is 2.12. The Morgan fingerprint density at radius 1 is 1.13 bits per heavy atom. The number of hydrogen-bond acceptors (Lipinski definition) is 4. The van der Waals surface area contributed by atoms with Crippen LogP contribution < -0.4 is 0 Å². The molecule has 0 aliphatic rings. The predicted molar refractivity (Wildman–Crippen MR) is 55.1 cm³/mol. The minimum absolute atomic E-state index is 0.103. The highest BCUT2D eigenvalue weighted by molar-refractivity contribution is 5.87. The Labute approximate surface area is 90.0 Å². The van der Waals surface area contributed by atoms with Crippen LogP contribution in [0.15, 0.2) is 0 Å². The van der Waals surface area contributed by atoms with Gasteiger partial charge in [0.1, 0.15) is 5.78 Å². The fourth-order valence-electron chi connectivity index (χ4n) is 1.15. The maximum absolute atomic E-state index is 11.4. The van der Waals surface area contributed by atoms with Crippen LogP contribution in [-0.4, -0.2) is 17.7 Å². The first-order chi connectivity index (χ1) is 6.75. The van der Waals surface area contributed by atoms with Gasteiger partial charge in [-0.05, 0) is 33.6 Å². The lowest BCUT2D eigenvalue weighted by molar-refractivity contribution is -0.165. The molecule has 0 heterocycles. The maximum Gasteiger partial charge on any atom is 0.319 e. The van der Waals surface area contributed by atoms with Crippen LogP contribution >= 0.6 is 0 Å². The van der Waals surface area contributed by atoms with E-state index in [2.05, 4.69) is 4.74 Å². The third-order valence-electron chi connectivity index (χ3n) is 2.12. The lowest BCUT2D eigenvalue weighted by Gasteiger charge is -2.20. The van der Waals surface area contributed by atoms with Gasteiger partial charge in [-0.2, -0.15) is 0 Å². The van der Waals surface area contributed by atoms with Crippen LogP contribution in [0.4, 0.5) is 0 Å². The molecule has 4 heteroatoms. The highest BCUT2D eigenvalue weighted by Crippen LogP contribution is 2.25. The van der Waals surface area contributed by atoms with Crippen LogP contribution in [0.5, 0.6) is 0 Å². The second-order valence-electron chi connectivity index (χ2n) is 4.32. The first-order valence-corrected chi connectivity index (χ1v) is 4.98. The second-order valence-corrected chi connectivity index (χ2v) is 4.32. The van der Waals surface area contributed by atoms with Crippen molar-refractivity contribution in [3.63, 3.8) is 0 Å². The Hall–Kier alpha value is -1.19. The highest BCUT2D eigenvalue weighted by Gasteiger charge is 2.29. The number of rotatable bonds is 5. The van der Waals surface area contributed by atoms with Crippen molar-refractivity contribution in [3.8, 4) is 0 Å². The van der Waals surface area contributed by atoms with Gasteiger partial charge in [-0.3, -0.25) is 9.59 Å². The molecule has 0 aromatic heterocycles. The first kappa shape index (κ1) is 13.8. The van der Waals surface area contributed by atoms with Crippen molar-refractivity contribution in [1.29, 1.82) is 0 Å². The molecule has 0 fully saturated rings. The monoisotopic (exact) mass is 214 g/mol. The summed E-state index contributed by atoms with van der Waals surface area (Å²) in [6, 6.07) is 0. The summed E-state index contributed by atoms with van der Waals surface area (Å²) < 4.78 is 4.51. The van der Waals surface area contributed by atoms with E-state index in [1.54, 1.807) is 13.8 Å². The number of ketones is 1. The molecule has 15 heavy (non-hydrogen) atoms. The molecule has 0 aliphatic carbocycles. The molecule has 0 atom stereocenters. The van der Waals surface area contributed by atoms with E-state index in [1.165, 1.54) is 13.8 Å². The fraction of sp³-hybridized carbons (Fsp3) is 0.727. The fourth-order valence-corrected chi connectivity index (χ4v) is 1.15. The number of carbonyl (C=O) groups excluding carboxylic acids is 3. The number of esters is 2. The van der Waals surface area contributed by atoms with Crippen molar-refractivity contribution in [2.24, 2.45) is 5.41 Å². The van der Waals surface area contributed by atoms with Crippen LogP contribution in [0.3, 0.4) is 0 Å². The molecular formula is C11H18O4. The average molecular weight is 214 g/mol. The molecule has 0 radical (unpaired) electrons. The van der Waals surface area contributed by atoms with Gasteiger partial charge in [0.2, 0.25) is 0 Å². The van der Waals surface area contributed by atoms with Gasteiger partial charge in [0.15, 0.2) is 0 Å². The van der Waals surface area contributed by atoms with Crippen molar-refractivity contribution >= 4 is 17.7 Å². The summed E-state index contributed by atoms with van der Waals surface area (Å²) in [6.45, 7) is 6.13. The minimum atomic E-state index is -0.707. The van der Waals surface area contributed by atoms with Gasteiger partial charge in [0.05, 0.1) is 5.41 Å². The largest absolute Gasteiger partial charge is 0.393 e. The Balaban J connectivity index is 4.10. The van der Waals surface area contributed by atoms with E-state index in [9.17, 15) is 14.4 Å². The zero-order valence-electron chi connectivity index (χ0n) is 9.75. The standard InChI is InChI=1S/C11H18O4/c1-8(12)6-5-7-11(3,4)10(14)15-9(2)13/h5-7H2,1-4H3. The van der Waals surface area contributed by atoms with Gasteiger partial charge in [0, 0.05) is 13.3 Å². The normalized spacial score (nSPS) is 10.9. The van der Waals surface area contributed by atoms with Crippen LogP contribution in [0, 0.1) is 5.41 Å². The second kappa shape index (κ2) is 5.63. The summed E-state index contributed by atoms with van der Waals surface area (Å²) in [5.74, 6) is -1.02. The first-order valence-electron chi connectivity index (χ1n) is 4.98. The van der Waals surface area contributed by atoms with Crippen molar-refractivity contribution in [1.82, 2.24) is 0 Å². The van der Waals surface area contributed by atoms with Gasteiger partial charge in [-0.15, -0.1) is 0 Å². The van der Waals surface area contributed by atoms with Gasteiger partial charge in [-0.1, -0.05) is 0 Å². The van der Waals surface area contributed by atoms with Crippen LogP contribution in [-0.2, 0) is 19.1 Å². The molecule has 4 nitrogen and oxygen atoms in total. The lowest BCUT2D eigenvalue weighted by Crippen LogP contribution is -2.28. The third kappa shape index (κ3) is 5.99. The van der Waals surface area contributed by atoms with Crippen LogP contribution in [0.25, 0.3) is 0 Å². The van der Waals surface area contributed by atoms with E-state index in [1.807, 2.05) is 0 Å². The quantitative estimate of drug-likeness (QED) is 0.517. The summed E-state index contributed by atoms with van der Waals surface area (Å²) >= 11 is 0. The molecule has 0 aromatic rings. The van der Waals surface area contributed by atoms with E-state index in [-0.39, 0.29) is 5.78 Å². The van der Waals surface area contributed by atoms with Gasteiger partial charge < -0.3 is 9.53 Å². The number of hydrogen-bond donors (Lipinski definition) is 0. The molecule has 0 unspecified atom stereocenters. The minimum Gasteiger partial charge on any atom is -0.393 e. The molecule has 0 N–H and O–H groups in total. The molecule has 0 saturated carbocycles. The maximum atomic E-state index is 11.4. The van der Waals surface area contributed by atoms with Gasteiger partial charge in [-0.25, -0.2) is 0 Å². The van der Waals surface area contributed by atoms with Gasteiger partial charge in [0.25, 0.3) is 0 Å². The highest BCUT2D eigenvalue weighted by atomic mass is 16.6.